The molecular formula is C29H26N2O4S. The van der Waals surface area contributed by atoms with Crippen molar-refractivity contribution in [3.8, 4) is 0 Å². The number of nitrogens with zero attached hydrogens (tertiary/aromatic N) is 2. The summed E-state index contributed by atoms with van der Waals surface area (Å²) < 4.78 is 5.05. The van der Waals surface area contributed by atoms with Gasteiger partial charge in [0.15, 0.2) is 0 Å². The molecule has 0 unspecified atom stereocenters. The van der Waals surface area contributed by atoms with E-state index in [1.165, 1.54) is 22.2 Å². The second-order valence-electron chi connectivity index (χ2n) is 8.75. The molecule has 2 heterocycles. The predicted octanol–water partition coefficient (Wildman–Crippen LogP) is 5.11. The number of rotatable bonds is 6. The lowest BCUT2D eigenvalue weighted by atomic mass is 9.99. The van der Waals surface area contributed by atoms with Gasteiger partial charge < -0.3 is 9.64 Å². The van der Waals surface area contributed by atoms with E-state index in [9.17, 15) is 14.4 Å². The van der Waals surface area contributed by atoms with Gasteiger partial charge in [-0.3, -0.25) is 9.59 Å². The Kier molecular flexibility index (Phi) is 6.65. The summed E-state index contributed by atoms with van der Waals surface area (Å²) in [7, 11) is 0. The van der Waals surface area contributed by atoms with Crippen LogP contribution in [-0.4, -0.2) is 35.8 Å². The molecule has 5 rings (SSSR count). The van der Waals surface area contributed by atoms with Crippen molar-refractivity contribution in [1.29, 1.82) is 0 Å². The fraction of sp³-hybridized carbons (Fsp3) is 0.207. The maximum absolute atomic E-state index is 13.8. The minimum Gasteiger partial charge on any atom is -0.462 e. The van der Waals surface area contributed by atoms with Gasteiger partial charge in [-0.15, -0.1) is 0 Å². The van der Waals surface area contributed by atoms with Crippen LogP contribution in [0.1, 0.15) is 34.0 Å². The number of ether oxygens (including phenoxy) is 1. The number of carbonyl (C=O) groups is 3. The number of imide groups is 1. The first-order chi connectivity index (χ1) is 17.5. The van der Waals surface area contributed by atoms with E-state index in [0.717, 1.165) is 22.4 Å². The Morgan fingerprint density at radius 1 is 0.917 bits per heavy atom. The van der Waals surface area contributed by atoms with E-state index in [0.29, 0.717) is 34.9 Å². The van der Waals surface area contributed by atoms with Crippen molar-refractivity contribution in [1.82, 2.24) is 4.90 Å². The van der Waals surface area contributed by atoms with E-state index in [2.05, 4.69) is 12.1 Å². The summed E-state index contributed by atoms with van der Waals surface area (Å²) in [5.41, 5.74) is 4.77. The first-order valence-corrected chi connectivity index (χ1v) is 12.7. The summed E-state index contributed by atoms with van der Waals surface area (Å²) in [5.74, 6) is -1.15. The van der Waals surface area contributed by atoms with Gasteiger partial charge in [-0.25, -0.2) is 9.69 Å². The zero-order chi connectivity index (χ0) is 25.2. The number of aryl methyl sites for hydroxylation is 1. The molecule has 0 saturated carbocycles. The molecule has 0 radical (unpaired) electrons. The van der Waals surface area contributed by atoms with Gasteiger partial charge in [0, 0.05) is 18.0 Å². The molecule has 2 aliphatic heterocycles. The van der Waals surface area contributed by atoms with E-state index in [-0.39, 0.29) is 18.4 Å². The van der Waals surface area contributed by atoms with Gasteiger partial charge in [0.25, 0.3) is 11.8 Å². The molecule has 0 aromatic heterocycles. The summed E-state index contributed by atoms with van der Waals surface area (Å²) in [4.78, 5) is 44.1. The number of thioether (sulfide) groups is 1. The highest BCUT2D eigenvalue weighted by atomic mass is 32.2. The molecule has 182 valence electrons. The van der Waals surface area contributed by atoms with E-state index in [1.807, 2.05) is 48.2 Å². The normalized spacial score (nSPS) is 15.4. The van der Waals surface area contributed by atoms with Crippen molar-refractivity contribution in [2.24, 2.45) is 0 Å². The van der Waals surface area contributed by atoms with Crippen molar-refractivity contribution in [3.63, 3.8) is 0 Å². The topological polar surface area (TPSA) is 66.9 Å². The van der Waals surface area contributed by atoms with Gasteiger partial charge in [-0.2, -0.15) is 0 Å². The largest absolute Gasteiger partial charge is 0.462 e. The molecular weight excluding hydrogens is 472 g/mol. The van der Waals surface area contributed by atoms with E-state index in [4.69, 9.17) is 4.74 Å². The quantitative estimate of drug-likeness (QED) is 0.348. The van der Waals surface area contributed by atoms with Crippen molar-refractivity contribution in [3.05, 3.63) is 106 Å². The van der Waals surface area contributed by atoms with Crippen LogP contribution in [0.4, 0.5) is 5.69 Å². The number of esters is 1. The summed E-state index contributed by atoms with van der Waals surface area (Å²) >= 11 is 1.32. The molecule has 2 amide bonds. The van der Waals surface area contributed by atoms with Crippen LogP contribution in [0, 0.1) is 6.92 Å². The molecule has 36 heavy (non-hydrogen) atoms. The monoisotopic (exact) mass is 498 g/mol. The number of fused-ring (bicyclic) bond motifs is 1. The lowest BCUT2D eigenvalue weighted by Crippen LogP contribution is -2.37. The highest BCUT2D eigenvalue weighted by molar-refractivity contribution is 8.04. The number of carbonyl (C=O) groups excluding carboxylic acids is 3. The fourth-order valence-electron chi connectivity index (χ4n) is 4.48. The average Bonchev–Trinajstić information content (AvgIpc) is 3.14. The highest BCUT2D eigenvalue weighted by Crippen LogP contribution is 2.40. The molecule has 0 saturated heterocycles. The lowest BCUT2D eigenvalue weighted by molar-refractivity contribution is -0.121. The lowest BCUT2D eigenvalue weighted by Gasteiger charge is -2.31. The van der Waals surface area contributed by atoms with Crippen LogP contribution in [0.3, 0.4) is 0 Å². The van der Waals surface area contributed by atoms with Crippen LogP contribution in [-0.2, 0) is 27.3 Å². The third-order valence-electron chi connectivity index (χ3n) is 6.34. The third-order valence-corrected chi connectivity index (χ3v) is 7.42. The Hall–Kier alpha value is -3.84. The Morgan fingerprint density at radius 3 is 2.31 bits per heavy atom. The van der Waals surface area contributed by atoms with Crippen LogP contribution in [0.2, 0.25) is 0 Å². The van der Waals surface area contributed by atoms with Crippen LogP contribution in [0.25, 0.3) is 0 Å². The van der Waals surface area contributed by atoms with Crippen LogP contribution >= 0.6 is 11.8 Å². The molecule has 0 fully saturated rings. The molecule has 0 aliphatic carbocycles. The van der Waals surface area contributed by atoms with Crippen LogP contribution < -0.4 is 4.90 Å². The molecule has 3 aromatic rings. The number of benzene rings is 3. The number of anilines is 1. The second-order valence-corrected chi connectivity index (χ2v) is 9.83. The first-order valence-electron chi connectivity index (χ1n) is 11.9. The molecule has 0 spiro atoms. The van der Waals surface area contributed by atoms with Crippen molar-refractivity contribution < 1.29 is 19.1 Å². The van der Waals surface area contributed by atoms with Gasteiger partial charge in [0.05, 0.1) is 17.9 Å². The minimum absolute atomic E-state index is 0.273. The van der Waals surface area contributed by atoms with E-state index < -0.39 is 5.97 Å². The first kappa shape index (κ1) is 23.9. The highest BCUT2D eigenvalue weighted by Gasteiger charge is 2.43. The van der Waals surface area contributed by atoms with Crippen molar-refractivity contribution in [2.45, 2.75) is 31.7 Å². The Balaban J connectivity index is 1.50. The second kappa shape index (κ2) is 10.0. The fourth-order valence-corrected chi connectivity index (χ4v) is 5.47. The van der Waals surface area contributed by atoms with Crippen LogP contribution in [0.5, 0.6) is 0 Å². The average molecular weight is 499 g/mol. The van der Waals surface area contributed by atoms with Gasteiger partial charge >= 0.3 is 5.97 Å². The number of hydrogen-bond acceptors (Lipinski definition) is 6. The number of hydrogen-bond donors (Lipinski definition) is 0. The van der Waals surface area contributed by atoms with Gasteiger partial charge in [-0.1, -0.05) is 53.7 Å². The zero-order valence-corrected chi connectivity index (χ0v) is 21.0. The molecule has 7 heteroatoms. The Morgan fingerprint density at radius 2 is 1.61 bits per heavy atom. The van der Waals surface area contributed by atoms with E-state index in [1.54, 1.807) is 31.2 Å². The van der Waals surface area contributed by atoms with Gasteiger partial charge in [-0.05, 0) is 67.8 Å². The van der Waals surface area contributed by atoms with Crippen molar-refractivity contribution in [2.75, 3.05) is 18.1 Å². The molecule has 3 aromatic carbocycles. The maximum Gasteiger partial charge on any atom is 0.338 e. The molecule has 0 N–H and O–H groups in total. The number of amides is 2. The molecule has 2 aliphatic rings. The zero-order valence-electron chi connectivity index (χ0n) is 20.2. The van der Waals surface area contributed by atoms with E-state index >= 15 is 0 Å². The minimum atomic E-state index is -0.440. The maximum atomic E-state index is 13.8. The SMILES string of the molecule is CCOC(=O)c1ccc(N2C(=O)C(Sc3ccc(C)cc3)=C(N3CCc4ccccc4C3)C2=O)cc1. The third kappa shape index (κ3) is 4.54. The molecule has 0 bridgehead atoms. The predicted molar refractivity (Wildman–Crippen MR) is 140 cm³/mol. The Bertz CT molecular complexity index is 1360. The van der Waals surface area contributed by atoms with Crippen molar-refractivity contribution >= 4 is 35.2 Å². The van der Waals surface area contributed by atoms with Gasteiger partial charge in [0.2, 0.25) is 0 Å². The standard InChI is InChI=1S/C29H26N2O4S/c1-3-35-29(34)21-10-12-23(13-11-21)31-27(32)25(30-17-16-20-6-4-5-7-22(20)18-30)26(28(31)33)36-24-14-8-19(2)9-15-24/h4-15H,3,16-18H2,1-2H3. The summed E-state index contributed by atoms with van der Waals surface area (Å²) in [6, 6.07) is 22.5. The molecule has 0 atom stereocenters. The summed E-state index contributed by atoms with van der Waals surface area (Å²) in [6.45, 7) is 5.25. The Labute approximate surface area is 214 Å². The molecule has 6 nitrogen and oxygen atoms in total. The smallest absolute Gasteiger partial charge is 0.338 e. The van der Waals surface area contributed by atoms with Gasteiger partial charge in [0.1, 0.15) is 10.6 Å². The summed E-state index contributed by atoms with van der Waals surface area (Å²) in [5, 5.41) is 0. The van der Waals surface area contributed by atoms with Crippen LogP contribution in [0.15, 0.2) is 88.3 Å². The summed E-state index contributed by atoms with van der Waals surface area (Å²) in [6.07, 6.45) is 0.803.